The van der Waals surface area contributed by atoms with E-state index in [1.807, 2.05) is 0 Å². The Morgan fingerprint density at radius 2 is 2.10 bits per heavy atom. The molecular weight excluding hydrogens is 428 g/mol. The van der Waals surface area contributed by atoms with Crippen molar-refractivity contribution < 1.29 is 18.1 Å². The van der Waals surface area contributed by atoms with Gasteiger partial charge in [0.25, 0.3) is 11.2 Å². The molecule has 1 atom stereocenters. The lowest BCUT2D eigenvalue weighted by Crippen LogP contribution is -2.41. The third-order valence-electron chi connectivity index (χ3n) is 5.32. The van der Waals surface area contributed by atoms with Crippen molar-refractivity contribution in [2.24, 2.45) is 0 Å². The Balaban J connectivity index is 1.64. The van der Waals surface area contributed by atoms with E-state index in [1.54, 1.807) is 6.07 Å². The first kappa shape index (κ1) is 20.7. The van der Waals surface area contributed by atoms with Gasteiger partial charge in [0.1, 0.15) is 23.9 Å². The van der Waals surface area contributed by atoms with Crippen LogP contribution >= 0.6 is 0 Å². The second-order valence-corrected chi connectivity index (χ2v) is 9.51. The average molecular weight is 446 g/mol. The highest BCUT2D eigenvalue weighted by Gasteiger charge is 2.32. The lowest BCUT2D eigenvalue weighted by molar-refractivity contribution is -0.384. The van der Waals surface area contributed by atoms with E-state index in [2.05, 4.69) is 10.1 Å². The van der Waals surface area contributed by atoms with Gasteiger partial charge in [-0.1, -0.05) is 12.1 Å². The fraction of sp³-hybridized carbons (Fsp3) is 0.333. The number of nitro benzene ring substituents is 1. The zero-order chi connectivity index (χ0) is 22.3. The van der Waals surface area contributed by atoms with Crippen LogP contribution in [0.2, 0.25) is 0 Å². The van der Waals surface area contributed by atoms with Gasteiger partial charge in [-0.25, -0.2) is 18.1 Å². The first-order valence-corrected chi connectivity index (χ1v) is 11.1. The number of para-hydroxylation sites is 2. The number of fused-ring (bicyclic) bond motifs is 1. The van der Waals surface area contributed by atoms with E-state index in [-0.39, 0.29) is 40.5 Å². The van der Waals surface area contributed by atoms with E-state index >= 15 is 0 Å². The summed E-state index contributed by atoms with van der Waals surface area (Å²) in [6, 6.07) is 5.51. The lowest BCUT2D eigenvalue weighted by atomic mass is 10.2. The molecule has 3 aromatic rings. The fourth-order valence-corrected chi connectivity index (χ4v) is 5.35. The van der Waals surface area contributed by atoms with E-state index in [0.29, 0.717) is 6.42 Å². The van der Waals surface area contributed by atoms with Crippen LogP contribution in [-0.4, -0.2) is 68.1 Å². The summed E-state index contributed by atoms with van der Waals surface area (Å²) in [5.41, 5.74) is -0.443. The molecule has 0 N–H and O–H groups in total. The van der Waals surface area contributed by atoms with Crippen molar-refractivity contribution in [2.75, 3.05) is 18.6 Å². The normalized spacial score (nSPS) is 17.6. The van der Waals surface area contributed by atoms with Gasteiger partial charge in [0.05, 0.1) is 22.6 Å². The van der Waals surface area contributed by atoms with Crippen molar-refractivity contribution >= 4 is 32.5 Å². The Morgan fingerprint density at radius 1 is 1.35 bits per heavy atom. The Kier molecular flexibility index (Phi) is 5.05. The minimum absolute atomic E-state index is 0.0353. The number of nitrogens with zero attached hydrogens (tertiary/aromatic N) is 6. The summed E-state index contributed by atoms with van der Waals surface area (Å²) in [7, 11) is -1.64. The van der Waals surface area contributed by atoms with Crippen LogP contribution in [0.3, 0.4) is 0 Å². The van der Waals surface area contributed by atoms with Crippen molar-refractivity contribution in [1.29, 1.82) is 0 Å². The first-order valence-electron chi connectivity index (χ1n) is 9.31. The molecule has 2 aromatic heterocycles. The fourth-order valence-electron chi connectivity index (χ4n) is 3.58. The number of rotatable bonds is 5. The van der Waals surface area contributed by atoms with Crippen molar-refractivity contribution in [3.05, 3.63) is 57.3 Å². The SMILES string of the molecule is CN(C(=O)Cn1cnc2c(cnn2-c2ccccc2[N+](=O)[O-])c1=O)C1CCS(=O)(=O)C1. The molecule has 0 bridgehead atoms. The van der Waals surface area contributed by atoms with Gasteiger partial charge in [-0.3, -0.25) is 24.3 Å². The first-order chi connectivity index (χ1) is 14.7. The highest BCUT2D eigenvalue weighted by atomic mass is 32.2. The van der Waals surface area contributed by atoms with E-state index in [1.165, 1.54) is 47.4 Å². The molecule has 0 aliphatic carbocycles. The van der Waals surface area contributed by atoms with E-state index in [0.717, 1.165) is 4.57 Å². The number of nitro groups is 1. The predicted octanol–water partition coefficient (Wildman–Crippen LogP) is 0.136. The molecule has 1 aliphatic heterocycles. The van der Waals surface area contributed by atoms with E-state index in [9.17, 15) is 28.1 Å². The van der Waals surface area contributed by atoms with E-state index < -0.39 is 32.3 Å². The second-order valence-electron chi connectivity index (χ2n) is 7.28. The van der Waals surface area contributed by atoms with Crippen LogP contribution in [0.1, 0.15) is 6.42 Å². The molecule has 4 rings (SSSR count). The molecule has 1 aliphatic rings. The molecule has 3 heterocycles. The number of likely N-dealkylation sites (N-methyl/N-ethyl adjacent to an activating group) is 1. The van der Waals surface area contributed by atoms with Crippen molar-refractivity contribution in [1.82, 2.24) is 24.2 Å². The smallest absolute Gasteiger partial charge is 0.294 e. The molecule has 1 saturated heterocycles. The van der Waals surface area contributed by atoms with Gasteiger partial charge in [0.2, 0.25) is 5.91 Å². The van der Waals surface area contributed by atoms with Gasteiger partial charge in [0, 0.05) is 19.2 Å². The summed E-state index contributed by atoms with van der Waals surface area (Å²) in [5.74, 6) is -0.478. The summed E-state index contributed by atoms with van der Waals surface area (Å²) in [4.78, 5) is 41.7. The third-order valence-corrected chi connectivity index (χ3v) is 7.07. The topological polar surface area (TPSA) is 150 Å². The summed E-state index contributed by atoms with van der Waals surface area (Å²) in [6.07, 6.45) is 2.78. The zero-order valence-corrected chi connectivity index (χ0v) is 17.2. The monoisotopic (exact) mass is 446 g/mol. The molecule has 12 nitrogen and oxygen atoms in total. The van der Waals surface area contributed by atoms with Gasteiger partial charge in [-0.15, -0.1) is 0 Å². The predicted molar refractivity (Wildman–Crippen MR) is 110 cm³/mol. The van der Waals surface area contributed by atoms with Crippen LogP contribution in [0.4, 0.5) is 5.69 Å². The lowest BCUT2D eigenvalue weighted by Gasteiger charge is -2.23. The molecule has 0 saturated carbocycles. The van der Waals surface area contributed by atoms with Crippen LogP contribution in [0.5, 0.6) is 0 Å². The number of aromatic nitrogens is 4. The number of amides is 1. The molecule has 1 amide bonds. The summed E-state index contributed by atoms with van der Waals surface area (Å²) in [5, 5.41) is 15.5. The highest BCUT2D eigenvalue weighted by Crippen LogP contribution is 2.24. The quantitative estimate of drug-likeness (QED) is 0.396. The molecule has 1 unspecified atom stereocenters. The van der Waals surface area contributed by atoms with Gasteiger partial charge >= 0.3 is 0 Å². The standard InChI is InChI=1S/C18H18N6O6S/c1-21(12-6-7-31(29,30)10-12)16(25)9-22-11-19-17-13(18(22)26)8-20-23(17)14-4-2-3-5-15(14)24(27)28/h2-5,8,11-12H,6-7,9-10H2,1H3. The zero-order valence-electron chi connectivity index (χ0n) is 16.4. The second kappa shape index (κ2) is 7.58. The summed E-state index contributed by atoms with van der Waals surface area (Å²) in [6.45, 7) is -0.314. The maximum atomic E-state index is 12.8. The molecule has 0 spiro atoms. The van der Waals surface area contributed by atoms with E-state index in [4.69, 9.17) is 0 Å². The van der Waals surface area contributed by atoms with Gasteiger partial charge in [-0.2, -0.15) is 5.10 Å². The molecule has 31 heavy (non-hydrogen) atoms. The van der Waals surface area contributed by atoms with Crippen LogP contribution in [0, 0.1) is 10.1 Å². The molecule has 162 valence electrons. The minimum atomic E-state index is -3.15. The Bertz CT molecular complexity index is 1360. The molecule has 13 heteroatoms. The van der Waals surface area contributed by atoms with Crippen molar-refractivity contribution in [3.63, 3.8) is 0 Å². The van der Waals surface area contributed by atoms with Crippen molar-refractivity contribution in [3.8, 4) is 5.69 Å². The minimum Gasteiger partial charge on any atom is -0.340 e. The Hall–Kier alpha value is -3.61. The number of hydrogen-bond acceptors (Lipinski definition) is 8. The van der Waals surface area contributed by atoms with Crippen LogP contribution < -0.4 is 5.56 Å². The largest absolute Gasteiger partial charge is 0.340 e. The molecule has 1 aromatic carbocycles. The highest BCUT2D eigenvalue weighted by molar-refractivity contribution is 7.91. The number of sulfone groups is 1. The van der Waals surface area contributed by atoms with Crippen molar-refractivity contribution in [2.45, 2.75) is 19.0 Å². The van der Waals surface area contributed by atoms with Gasteiger partial charge in [0.15, 0.2) is 15.5 Å². The molecule has 1 fully saturated rings. The number of hydrogen-bond donors (Lipinski definition) is 0. The van der Waals surface area contributed by atoms with Gasteiger partial charge < -0.3 is 4.90 Å². The third kappa shape index (κ3) is 3.79. The van der Waals surface area contributed by atoms with Crippen LogP contribution in [0.25, 0.3) is 16.7 Å². The number of carbonyl (C=O) groups is 1. The Labute approximate surface area is 175 Å². The Morgan fingerprint density at radius 3 is 2.77 bits per heavy atom. The molecular formula is C18H18N6O6S. The summed E-state index contributed by atoms with van der Waals surface area (Å²) >= 11 is 0. The number of carbonyl (C=O) groups excluding carboxylic acids is 1. The van der Waals surface area contributed by atoms with Crippen LogP contribution in [-0.2, 0) is 21.2 Å². The number of benzene rings is 1. The molecule has 0 radical (unpaired) electrons. The van der Waals surface area contributed by atoms with Gasteiger partial charge in [-0.05, 0) is 12.5 Å². The maximum Gasteiger partial charge on any atom is 0.294 e. The van der Waals surface area contributed by atoms with Crippen LogP contribution in [0.15, 0.2) is 41.6 Å². The average Bonchev–Trinajstić information content (AvgIpc) is 3.32. The summed E-state index contributed by atoms with van der Waals surface area (Å²) < 4.78 is 25.6. The maximum absolute atomic E-state index is 12.8.